The van der Waals surface area contributed by atoms with E-state index in [1.807, 2.05) is 0 Å². The van der Waals surface area contributed by atoms with Gasteiger partial charge in [0.25, 0.3) is 0 Å². The molecule has 1 atom stereocenters. The molecular formula is C11H13ClF5NO3. The zero-order valence-electron chi connectivity index (χ0n) is 10.9. The van der Waals surface area contributed by atoms with Crippen LogP contribution in [0.2, 0.25) is 0 Å². The Kier molecular flexibility index (Phi) is 6.06. The van der Waals surface area contributed by atoms with Crippen LogP contribution in [0.3, 0.4) is 0 Å². The van der Waals surface area contributed by atoms with E-state index in [0.29, 0.717) is 0 Å². The molecule has 0 bridgehead atoms. The van der Waals surface area contributed by atoms with Crippen molar-refractivity contribution in [1.82, 2.24) is 0 Å². The second kappa shape index (κ2) is 6.52. The number of phenols is 1. The van der Waals surface area contributed by atoms with Crippen molar-refractivity contribution in [2.75, 3.05) is 14.2 Å². The van der Waals surface area contributed by atoms with Gasteiger partial charge in [-0.15, -0.1) is 12.4 Å². The Morgan fingerprint density at radius 2 is 1.43 bits per heavy atom. The van der Waals surface area contributed by atoms with Crippen molar-refractivity contribution in [2.24, 2.45) is 5.73 Å². The highest BCUT2D eigenvalue weighted by atomic mass is 35.5. The van der Waals surface area contributed by atoms with E-state index in [9.17, 15) is 27.1 Å². The molecule has 3 N–H and O–H groups in total. The summed E-state index contributed by atoms with van der Waals surface area (Å²) >= 11 is 0. The smallest absolute Gasteiger partial charge is 0.455 e. The monoisotopic (exact) mass is 337 g/mol. The molecule has 0 saturated heterocycles. The molecule has 0 amide bonds. The van der Waals surface area contributed by atoms with Crippen LogP contribution < -0.4 is 15.2 Å². The average molecular weight is 338 g/mol. The van der Waals surface area contributed by atoms with Gasteiger partial charge in [0, 0.05) is 0 Å². The minimum absolute atomic E-state index is 0. The maximum absolute atomic E-state index is 13.2. The van der Waals surface area contributed by atoms with Gasteiger partial charge in [0.05, 0.1) is 14.2 Å². The van der Waals surface area contributed by atoms with Crippen molar-refractivity contribution < 1.29 is 36.5 Å². The first-order valence-corrected chi connectivity index (χ1v) is 5.21. The standard InChI is InChI=1S/C11H12F5NO3.ClH/c1-19-6-3-5(4-7(20-2)8(6)18)9(17)10(12,13)11(14,15)16;/h3-4,9,18H,17H2,1-2H3;1H/t9-;/m1./s1. The molecule has 0 aliphatic rings. The summed E-state index contributed by atoms with van der Waals surface area (Å²) < 4.78 is 72.5. The van der Waals surface area contributed by atoms with Crippen LogP contribution in [0.4, 0.5) is 22.0 Å². The number of hydrogen-bond acceptors (Lipinski definition) is 4. The summed E-state index contributed by atoms with van der Waals surface area (Å²) in [5.74, 6) is -6.32. The summed E-state index contributed by atoms with van der Waals surface area (Å²) in [5, 5.41) is 9.56. The fourth-order valence-electron chi connectivity index (χ4n) is 1.48. The van der Waals surface area contributed by atoms with Crippen molar-refractivity contribution in [3.05, 3.63) is 17.7 Å². The summed E-state index contributed by atoms with van der Waals surface area (Å²) in [7, 11) is 2.21. The first-order valence-electron chi connectivity index (χ1n) is 5.21. The Labute approximate surface area is 123 Å². The van der Waals surface area contributed by atoms with E-state index in [1.54, 1.807) is 0 Å². The van der Waals surface area contributed by atoms with E-state index in [-0.39, 0.29) is 23.9 Å². The molecule has 0 spiro atoms. The van der Waals surface area contributed by atoms with Gasteiger partial charge in [-0.25, -0.2) is 0 Å². The first kappa shape index (κ1) is 19.5. The number of methoxy groups -OCH3 is 2. The highest BCUT2D eigenvalue weighted by Gasteiger charge is 2.61. The third kappa shape index (κ3) is 3.59. The van der Waals surface area contributed by atoms with Gasteiger partial charge in [0.15, 0.2) is 11.5 Å². The minimum atomic E-state index is -5.80. The number of aromatic hydroxyl groups is 1. The Hall–Kier alpha value is -1.48. The summed E-state index contributed by atoms with van der Waals surface area (Å²) in [6.45, 7) is 0. The number of alkyl halides is 5. The van der Waals surface area contributed by atoms with E-state index in [1.165, 1.54) is 0 Å². The third-order valence-electron chi connectivity index (χ3n) is 2.63. The van der Waals surface area contributed by atoms with Crippen molar-refractivity contribution >= 4 is 12.4 Å². The van der Waals surface area contributed by atoms with E-state index in [4.69, 9.17) is 5.73 Å². The number of hydrogen-bond donors (Lipinski definition) is 2. The number of rotatable bonds is 4. The third-order valence-corrected chi connectivity index (χ3v) is 2.63. The van der Waals surface area contributed by atoms with Crippen molar-refractivity contribution in [2.45, 2.75) is 18.1 Å². The van der Waals surface area contributed by atoms with Crippen LogP contribution in [-0.4, -0.2) is 31.4 Å². The molecular weight excluding hydrogens is 325 g/mol. The molecule has 0 aromatic heterocycles. The second-order valence-electron chi connectivity index (χ2n) is 3.87. The molecule has 0 saturated carbocycles. The maximum Gasteiger partial charge on any atom is 0.455 e. The molecule has 122 valence electrons. The lowest BCUT2D eigenvalue weighted by Gasteiger charge is -2.26. The summed E-state index contributed by atoms with van der Waals surface area (Å²) in [5.41, 5.74) is 4.41. The molecule has 0 heterocycles. The van der Waals surface area contributed by atoms with Crippen LogP contribution in [-0.2, 0) is 0 Å². The molecule has 0 aliphatic heterocycles. The molecule has 1 aromatic rings. The highest BCUT2D eigenvalue weighted by molar-refractivity contribution is 5.85. The lowest BCUT2D eigenvalue weighted by Crippen LogP contribution is -2.45. The Morgan fingerprint density at radius 3 is 1.71 bits per heavy atom. The molecule has 0 fully saturated rings. The van der Waals surface area contributed by atoms with Crippen LogP contribution in [0, 0.1) is 0 Å². The molecule has 0 radical (unpaired) electrons. The minimum Gasteiger partial charge on any atom is -0.502 e. The summed E-state index contributed by atoms with van der Waals surface area (Å²) in [4.78, 5) is 0. The van der Waals surface area contributed by atoms with Crippen LogP contribution in [0.15, 0.2) is 12.1 Å². The van der Waals surface area contributed by atoms with Gasteiger partial charge in [-0.2, -0.15) is 22.0 Å². The zero-order valence-corrected chi connectivity index (χ0v) is 11.7. The van der Waals surface area contributed by atoms with Gasteiger partial charge in [-0.1, -0.05) is 0 Å². The quantitative estimate of drug-likeness (QED) is 0.829. The van der Waals surface area contributed by atoms with Crippen LogP contribution in [0.5, 0.6) is 17.2 Å². The van der Waals surface area contributed by atoms with Gasteiger partial charge in [-0.3, -0.25) is 0 Å². The SMILES string of the molecule is COc1cc([C@@H](N)C(F)(F)C(F)(F)F)cc(OC)c1O.Cl. The van der Waals surface area contributed by atoms with Crippen molar-refractivity contribution in [1.29, 1.82) is 0 Å². The molecule has 0 aliphatic carbocycles. The van der Waals surface area contributed by atoms with Crippen molar-refractivity contribution in [3.63, 3.8) is 0 Å². The Bertz CT molecular complexity index is 470. The lowest BCUT2D eigenvalue weighted by atomic mass is 10.00. The van der Waals surface area contributed by atoms with Gasteiger partial charge in [-0.05, 0) is 17.7 Å². The molecule has 0 unspecified atom stereocenters. The van der Waals surface area contributed by atoms with Gasteiger partial charge in [0.2, 0.25) is 5.75 Å². The van der Waals surface area contributed by atoms with Gasteiger partial charge >= 0.3 is 12.1 Å². The lowest BCUT2D eigenvalue weighted by molar-refractivity contribution is -0.291. The number of ether oxygens (including phenoxy) is 2. The zero-order chi connectivity index (χ0) is 15.7. The number of phenolic OH excluding ortho intramolecular Hbond substituents is 1. The fraction of sp³-hybridized carbons (Fsp3) is 0.455. The predicted molar refractivity (Wildman–Crippen MR) is 66.4 cm³/mol. The molecule has 1 aromatic carbocycles. The largest absolute Gasteiger partial charge is 0.502 e. The van der Waals surface area contributed by atoms with Crippen LogP contribution >= 0.6 is 12.4 Å². The average Bonchev–Trinajstić information content (AvgIpc) is 2.36. The van der Waals surface area contributed by atoms with E-state index in [0.717, 1.165) is 26.4 Å². The number of nitrogens with two attached hydrogens (primary N) is 1. The number of halogens is 6. The van der Waals surface area contributed by atoms with Crippen LogP contribution in [0.25, 0.3) is 0 Å². The second-order valence-corrected chi connectivity index (χ2v) is 3.87. The highest BCUT2D eigenvalue weighted by Crippen LogP contribution is 2.46. The fourth-order valence-corrected chi connectivity index (χ4v) is 1.48. The normalized spacial score (nSPS) is 13.3. The van der Waals surface area contributed by atoms with Crippen LogP contribution in [0.1, 0.15) is 11.6 Å². The van der Waals surface area contributed by atoms with Crippen molar-refractivity contribution in [3.8, 4) is 17.2 Å². The van der Waals surface area contributed by atoms with Gasteiger partial charge < -0.3 is 20.3 Å². The Morgan fingerprint density at radius 1 is 1.05 bits per heavy atom. The van der Waals surface area contributed by atoms with E-state index < -0.39 is 29.5 Å². The topological polar surface area (TPSA) is 64.7 Å². The first-order chi connectivity index (χ1) is 9.06. The Balaban J connectivity index is 0.00000400. The molecule has 1 rings (SSSR count). The van der Waals surface area contributed by atoms with E-state index in [2.05, 4.69) is 9.47 Å². The molecule has 4 nitrogen and oxygen atoms in total. The molecule has 10 heteroatoms. The predicted octanol–water partition coefficient (Wildman–Crippen LogP) is 3.03. The summed E-state index contributed by atoms with van der Waals surface area (Å²) in [6, 6.07) is -1.07. The summed E-state index contributed by atoms with van der Waals surface area (Å²) in [6.07, 6.45) is -5.80. The maximum atomic E-state index is 13.2. The molecule has 21 heavy (non-hydrogen) atoms. The van der Waals surface area contributed by atoms with E-state index >= 15 is 0 Å². The van der Waals surface area contributed by atoms with Gasteiger partial charge in [0.1, 0.15) is 6.04 Å². The number of benzene rings is 1.